The summed E-state index contributed by atoms with van der Waals surface area (Å²) in [4.78, 5) is 16.6. The van der Waals surface area contributed by atoms with Gasteiger partial charge in [0, 0.05) is 36.3 Å². The highest BCUT2D eigenvalue weighted by molar-refractivity contribution is 7.89. The number of aryl methyl sites for hydroxylation is 1. The molecule has 0 radical (unpaired) electrons. The van der Waals surface area contributed by atoms with Crippen molar-refractivity contribution in [3.63, 3.8) is 0 Å². The molecule has 7 nitrogen and oxygen atoms in total. The van der Waals surface area contributed by atoms with Crippen LogP contribution in [-0.2, 0) is 16.6 Å². The molecule has 174 valence electrons. The molecule has 0 spiro atoms. The average Bonchev–Trinajstić information content (AvgIpc) is 3.31. The van der Waals surface area contributed by atoms with Gasteiger partial charge in [-0.2, -0.15) is 0 Å². The Bertz CT molecular complexity index is 1280. The normalized spacial score (nSPS) is 13.2. The second-order valence-electron chi connectivity index (χ2n) is 8.00. The van der Waals surface area contributed by atoms with Gasteiger partial charge in [0.2, 0.25) is 10.0 Å². The molecule has 2 aromatic carbocycles. The second kappa shape index (κ2) is 9.17. The van der Waals surface area contributed by atoms with E-state index in [-0.39, 0.29) is 10.8 Å². The molecule has 0 bridgehead atoms. The van der Waals surface area contributed by atoms with E-state index in [0.29, 0.717) is 48.1 Å². The summed E-state index contributed by atoms with van der Waals surface area (Å²) in [5.74, 6) is 0.927. The van der Waals surface area contributed by atoms with Gasteiger partial charge in [0.25, 0.3) is 5.91 Å². The predicted octanol–water partition coefficient (Wildman–Crippen LogP) is 4.23. The van der Waals surface area contributed by atoms with Gasteiger partial charge in [-0.05, 0) is 60.7 Å². The van der Waals surface area contributed by atoms with Gasteiger partial charge in [-0.1, -0.05) is 6.07 Å². The summed E-state index contributed by atoms with van der Waals surface area (Å²) in [7, 11) is -0.744. The molecule has 1 aliphatic heterocycles. The molecule has 1 amide bonds. The number of sulfonamides is 1. The van der Waals surface area contributed by atoms with Crippen molar-refractivity contribution in [2.45, 2.75) is 25.3 Å². The molecule has 0 N–H and O–H groups in total. The van der Waals surface area contributed by atoms with E-state index in [1.54, 1.807) is 41.4 Å². The molecule has 4 rings (SSSR count). The largest absolute Gasteiger partial charge is 0.486 e. The van der Waals surface area contributed by atoms with Gasteiger partial charge in [-0.25, -0.2) is 12.7 Å². The maximum absolute atomic E-state index is 13.8. The van der Waals surface area contributed by atoms with Crippen molar-refractivity contribution >= 4 is 33.0 Å². The molecule has 0 saturated carbocycles. The quantitative estimate of drug-likeness (QED) is 0.521. The molecule has 9 heteroatoms. The van der Waals surface area contributed by atoms with Crippen molar-refractivity contribution in [2.75, 3.05) is 32.2 Å². The number of amides is 1. The monoisotopic (exact) mass is 486 g/mol. The van der Waals surface area contributed by atoms with Crippen LogP contribution in [0.5, 0.6) is 11.5 Å². The van der Waals surface area contributed by atoms with Crippen molar-refractivity contribution in [1.29, 1.82) is 0 Å². The lowest BCUT2D eigenvalue weighted by molar-refractivity contribution is 0.0985. The van der Waals surface area contributed by atoms with E-state index in [4.69, 9.17) is 9.47 Å². The predicted molar refractivity (Wildman–Crippen MR) is 129 cm³/mol. The number of benzene rings is 2. The SMILES string of the molecule is Cc1cc(C(=O)N(Cc2cccs2)c2ccc3c(c2)OCCO3)cc(S(=O)(=O)N(C)C)c1C. The zero-order valence-corrected chi connectivity index (χ0v) is 20.6. The fraction of sp³-hybridized carbons (Fsp3) is 0.292. The van der Waals surface area contributed by atoms with Crippen molar-refractivity contribution in [3.8, 4) is 11.5 Å². The summed E-state index contributed by atoms with van der Waals surface area (Å²) in [5.41, 5.74) is 2.32. The van der Waals surface area contributed by atoms with Crippen LogP contribution in [0.25, 0.3) is 0 Å². The Kier molecular flexibility index (Phi) is 6.47. The molecule has 0 fully saturated rings. The van der Waals surface area contributed by atoms with Crippen LogP contribution >= 0.6 is 11.3 Å². The summed E-state index contributed by atoms with van der Waals surface area (Å²) in [6.45, 7) is 4.84. The molecular formula is C24H26N2O5S2. The summed E-state index contributed by atoms with van der Waals surface area (Å²) in [6, 6.07) is 12.5. The number of carbonyl (C=O) groups excluding carboxylic acids is 1. The number of ether oxygens (including phenoxy) is 2. The topological polar surface area (TPSA) is 76.1 Å². The Labute approximate surface area is 198 Å². The van der Waals surface area contributed by atoms with Gasteiger partial charge in [0.05, 0.1) is 11.4 Å². The van der Waals surface area contributed by atoms with Gasteiger partial charge < -0.3 is 14.4 Å². The maximum atomic E-state index is 13.8. The lowest BCUT2D eigenvalue weighted by Gasteiger charge is -2.26. The highest BCUT2D eigenvalue weighted by atomic mass is 32.2. The first-order valence-electron chi connectivity index (χ1n) is 10.5. The van der Waals surface area contributed by atoms with Crippen molar-refractivity contribution < 1.29 is 22.7 Å². The standard InChI is InChI=1S/C24H26N2O5S2/c1-16-12-18(13-23(17(16)2)33(28,29)25(3)4)24(27)26(15-20-6-5-11-32-20)19-7-8-21-22(14-19)31-10-9-30-21/h5-8,11-14H,9-10,15H2,1-4H3. The molecule has 2 heterocycles. The second-order valence-corrected chi connectivity index (χ2v) is 11.2. The van der Waals surface area contributed by atoms with E-state index >= 15 is 0 Å². The van der Waals surface area contributed by atoms with Crippen LogP contribution in [0.2, 0.25) is 0 Å². The first kappa shape index (κ1) is 23.3. The van der Waals surface area contributed by atoms with E-state index in [1.807, 2.05) is 30.5 Å². The lowest BCUT2D eigenvalue weighted by Crippen LogP contribution is -2.31. The molecule has 1 aromatic heterocycles. The third-order valence-corrected chi connectivity index (χ3v) is 8.40. The molecule has 33 heavy (non-hydrogen) atoms. The van der Waals surface area contributed by atoms with Gasteiger partial charge in [0.15, 0.2) is 11.5 Å². The Balaban J connectivity index is 1.80. The zero-order valence-electron chi connectivity index (χ0n) is 19.0. The minimum Gasteiger partial charge on any atom is -0.486 e. The van der Waals surface area contributed by atoms with E-state index in [0.717, 1.165) is 14.7 Å². The summed E-state index contributed by atoms with van der Waals surface area (Å²) < 4.78 is 38.3. The Hall–Kier alpha value is -2.88. The number of fused-ring (bicyclic) bond motifs is 1. The highest BCUT2D eigenvalue weighted by Crippen LogP contribution is 2.35. The van der Waals surface area contributed by atoms with Gasteiger partial charge in [-0.3, -0.25) is 4.79 Å². The fourth-order valence-corrected chi connectivity index (χ4v) is 5.52. The van der Waals surface area contributed by atoms with E-state index < -0.39 is 10.0 Å². The molecule has 3 aromatic rings. The number of carbonyl (C=O) groups is 1. The van der Waals surface area contributed by atoms with Gasteiger partial charge >= 0.3 is 0 Å². The Morgan fingerprint density at radius 2 is 1.76 bits per heavy atom. The number of nitrogens with zero attached hydrogens (tertiary/aromatic N) is 2. The average molecular weight is 487 g/mol. The van der Waals surface area contributed by atoms with Crippen LogP contribution in [0.3, 0.4) is 0 Å². The number of hydrogen-bond acceptors (Lipinski definition) is 6. The van der Waals surface area contributed by atoms with E-state index in [2.05, 4.69) is 0 Å². The van der Waals surface area contributed by atoms with Crippen molar-refractivity contribution in [1.82, 2.24) is 4.31 Å². The third-order valence-electron chi connectivity index (χ3n) is 5.60. The number of hydrogen-bond donors (Lipinski definition) is 0. The van der Waals surface area contributed by atoms with Crippen LogP contribution in [0.1, 0.15) is 26.4 Å². The maximum Gasteiger partial charge on any atom is 0.258 e. The van der Waals surface area contributed by atoms with Crippen LogP contribution in [0.4, 0.5) is 5.69 Å². The summed E-state index contributed by atoms with van der Waals surface area (Å²) >= 11 is 1.55. The summed E-state index contributed by atoms with van der Waals surface area (Å²) in [5, 5.41) is 1.96. The minimum absolute atomic E-state index is 0.133. The number of anilines is 1. The first-order chi connectivity index (χ1) is 15.7. The van der Waals surface area contributed by atoms with E-state index in [1.165, 1.54) is 20.2 Å². The fourth-order valence-electron chi connectivity index (χ4n) is 3.61. The van der Waals surface area contributed by atoms with Crippen molar-refractivity contribution in [2.24, 2.45) is 0 Å². The summed E-state index contributed by atoms with van der Waals surface area (Å²) in [6.07, 6.45) is 0. The molecular weight excluding hydrogens is 460 g/mol. The molecule has 1 aliphatic rings. The van der Waals surface area contributed by atoms with E-state index in [9.17, 15) is 13.2 Å². The van der Waals surface area contributed by atoms with Gasteiger partial charge in [-0.15, -0.1) is 11.3 Å². The molecule has 0 atom stereocenters. The lowest BCUT2D eigenvalue weighted by atomic mass is 10.0. The van der Waals surface area contributed by atoms with Crippen LogP contribution < -0.4 is 14.4 Å². The number of thiophene rings is 1. The van der Waals surface area contributed by atoms with Gasteiger partial charge in [0.1, 0.15) is 13.2 Å². The zero-order chi connectivity index (χ0) is 23.8. The molecule has 0 saturated heterocycles. The highest BCUT2D eigenvalue weighted by Gasteiger charge is 2.26. The van der Waals surface area contributed by atoms with Crippen LogP contribution in [0.15, 0.2) is 52.7 Å². The Morgan fingerprint density at radius 1 is 1.03 bits per heavy atom. The van der Waals surface area contributed by atoms with Crippen molar-refractivity contribution in [3.05, 3.63) is 69.4 Å². The number of rotatable bonds is 6. The first-order valence-corrected chi connectivity index (χ1v) is 12.8. The molecule has 0 unspecified atom stereocenters. The smallest absolute Gasteiger partial charge is 0.258 e. The minimum atomic E-state index is -3.71. The third kappa shape index (κ3) is 4.62. The van der Waals surface area contributed by atoms with Crippen LogP contribution in [0, 0.1) is 13.8 Å². The van der Waals surface area contributed by atoms with Crippen LogP contribution in [-0.4, -0.2) is 45.9 Å². The molecule has 0 aliphatic carbocycles. The Morgan fingerprint density at radius 3 is 2.42 bits per heavy atom.